The molecule has 0 radical (unpaired) electrons. The molecule has 1 aromatic rings. The zero-order chi connectivity index (χ0) is 15.6. The summed E-state index contributed by atoms with van der Waals surface area (Å²) in [5.41, 5.74) is -2.07. The van der Waals surface area contributed by atoms with Crippen LogP contribution in [0.3, 0.4) is 0 Å². The molecule has 0 amide bonds. The molecule has 20 heavy (non-hydrogen) atoms. The third-order valence-electron chi connectivity index (χ3n) is 2.18. The molecule has 0 aliphatic rings. The molecule has 0 unspecified atom stereocenters. The largest absolute Gasteiger partial charge is 0.493 e. The van der Waals surface area contributed by atoms with Crippen LogP contribution >= 0.6 is 0 Å². The van der Waals surface area contributed by atoms with Crippen LogP contribution in [-0.4, -0.2) is 23.9 Å². The molecule has 0 heterocycles. The Hall–Kier alpha value is -1.93. The van der Waals surface area contributed by atoms with E-state index in [1.807, 2.05) is 0 Å². The lowest BCUT2D eigenvalue weighted by atomic mass is 10.1. The quantitative estimate of drug-likeness (QED) is 0.862. The predicted molar refractivity (Wildman–Crippen MR) is 54.6 cm³/mol. The van der Waals surface area contributed by atoms with Gasteiger partial charge < -0.3 is 9.84 Å². The van der Waals surface area contributed by atoms with Gasteiger partial charge in [-0.05, 0) is 18.2 Å². The van der Waals surface area contributed by atoms with Crippen LogP contribution in [0.25, 0.3) is 0 Å². The molecule has 1 rings (SSSR count). The van der Waals surface area contributed by atoms with E-state index in [4.69, 9.17) is 5.11 Å². The Balaban J connectivity index is 2.98. The van der Waals surface area contributed by atoms with Crippen molar-refractivity contribution < 1.29 is 41.0 Å². The molecule has 0 saturated carbocycles. The third kappa shape index (κ3) is 4.63. The number of carboxylic acids is 1. The number of rotatable bonds is 4. The molecule has 0 fully saturated rings. The van der Waals surface area contributed by atoms with Gasteiger partial charge in [-0.1, -0.05) is 0 Å². The fraction of sp³-hybridized carbons (Fsp3) is 0.364. The zero-order valence-corrected chi connectivity index (χ0v) is 9.68. The van der Waals surface area contributed by atoms with Gasteiger partial charge in [0, 0.05) is 0 Å². The molecular weight excluding hydrogens is 294 g/mol. The highest BCUT2D eigenvalue weighted by Gasteiger charge is 2.35. The molecule has 3 nitrogen and oxygen atoms in total. The Morgan fingerprint density at radius 2 is 1.75 bits per heavy atom. The summed E-state index contributed by atoms with van der Waals surface area (Å²) in [6.45, 7) is -0.987. The fourth-order valence-corrected chi connectivity index (χ4v) is 1.29. The minimum Gasteiger partial charge on any atom is -0.493 e. The van der Waals surface area contributed by atoms with Gasteiger partial charge in [-0.15, -0.1) is 0 Å². The summed E-state index contributed by atoms with van der Waals surface area (Å²) < 4.78 is 78.1. The summed E-state index contributed by atoms with van der Waals surface area (Å²) in [6, 6.07) is 1.81. The highest BCUT2D eigenvalue weighted by atomic mass is 19.4. The standard InChI is InChI=1S/C11H8F6O3/c12-10(13,14)3-4-20-8-2-1-6(9(18)19)5-7(8)11(15,16)17/h1-2,5H,3-4H2,(H,18,19). The molecule has 1 N–H and O–H groups in total. The molecule has 112 valence electrons. The predicted octanol–water partition coefficient (Wildman–Crippen LogP) is 3.73. The van der Waals surface area contributed by atoms with Crippen molar-refractivity contribution in [3.8, 4) is 5.75 Å². The van der Waals surface area contributed by atoms with E-state index in [-0.39, 0.29) is 0 Å². The van der Waals surface area contributed by atoms with Gasteiger partial charge >= 0.3 is 18.3 Å². The van der Waals surface area contributed by atoms with Crippen LogP contribution in [0.2, 0.25) is 0 Å². The van der Waals surface area contributed by atoms with E-state index in [1.54, 1.807) is 0 Å². The Labute approximate surface area is 108 Å². The maximum absolute atomic E-state index is 12.7. The van der Waals surface area contributed by atoms with Crippen molar-refractivity contribution in [1.29, 1.82) is 0 Å². The van der Waals surface area contributed by atoms with Crippen molar-refractivity contribution in [3.05, 3.63) is 29.3 Å². The van der Waals surface area contributed by atoms with Crippen molar-refractivity contribution >= 4 is 5.97 Å². The van der Waals surface area contributed by atoms with Gasteiger partial charge in [0.05, 0.1) is 24.2 Å². The maximum atomic E-state index is 12.7. The minimum absolute atomic E-state index is 0.311. The van der Waals surface area contributed by atoms with Gasteiger partial charge in [0.2, 0.25) is 0 Å². The van der Waals surface area contributed by atoms with E-state index in [2.05, 4.69) is 4.74 Å². The van der Waals surface area contributed by atoms with Crippen LogP contribution in [0.5, 0.6) is 5.75 Å². The SMILES string of the molecule is O=C(O)c1ccc(OCCC(F)(F)F)c(C(F)(F)F)c1. The number of halogens is 6. The molecule has 0 spiro atoms. The normalized spacial score (nSPS) is 12.3. The summed E-state index contributed by atoms with van der Waals surface area (Å²) in [6.07, 6.45) is -10.9. The van der Waals surface area contributed by atoms with Crippen LogP contribution < -0.4 is 4.74 Å². The van der Waals surface area contributed by atoms with Crippen molar-refractivity contribution in [2.45, 2.75) is 18.8 Å². The van der Waals surface area contributed by atoms with Gasteiger partial charge in [0.25, 0.3) is 0 Å². The van der Waals surface area contributed by atoms with Crippen molar-refractivity contribution in [2.24, 2.45) is 0 Å². The average Bonchev–Trinajstić information content (AvgIpc) is 2.25. The van der Waals surface area contributed by atoms with Gasteiger partial charge in [-0.25, -0.2) is 4.79 Å². The topological polar surface area (TPSA) is 46.5 Å². The lowest BCUT2D eigenvalue weighted by molar-refractivity contribution is -0.143. The molecule has 0 aromatic heterocycles. The summed E-state index contributed by atoms with van der Waals surface area (Å²) in [4.78, 5) is 10.6. The van der Waals surface area contributed by atoms with Crippen molar-refractivity contribution in [2.75, 3.05) is 6.61 Å². The first-order valence-electron chi connectivity index (χ1n) is 5.15. The Bertz CT molecular complexity index is 492. The van der Waals surface area contributed by atoms with Crippen LogP contribution in [-0.2, 0) is 6.18 Å². The number of benzene rings is 1. The molecule has 9 heteroatoms. The number of hydrogen-bond acceptors (Lipinski definition) is 2. The molecule has 0 atom stereocenters. The molecule has 0 saturated heterocycles. The second-order valence-electron chi connectivity index (χ2n) is 3.73. The first-order valence-corrected chi connectivity index (χ1v) is 5.15. The first-order chi connectivity index (χ1) is 9.00. The van der Waals surface area contributed by atoms with Crippen LogP contribution in [0.15, 0.2) is 18.2 Å². The summed E-state index contributed by atoms with van der Waals surface area (Å²) in [7, 11) is 0. The molecular formula is C11H8F6O3. The number of hydrogen-bond donors (Lipinski definition) is 1. The highest BCUT2D eigenvalue weighted by Crippen LogP contribution is 2.37. The van der Waals surface area contributed by atoms with E-state index in [0.29, 0.717) is 12.1 Å². The number of carbonyl (C=O) groups is 1. The van der Waals surface area contributed by atoms with Crippen LogP contribution in [0.4, 0.5) is 26.3 Å². The van der Waals surface area contributed by atoms with Gasteiger partial charge in [-0.2, -0.15) is 26.3 Å². The zero-order valence-electron chi connectivity index (χ0n) is 9.68. The second kappa shape index (κ2) is 5.59. The lowest BCUT2D eigenvalue weighted by Gasteiger charge is -2.15. The summed E-state index contributed by atoms with van der Waals surface area (Å²) >= 11 is 0. The van der Waals surface area contributed by atoms with E-state index in [9.17, 15) is 31.1 Å². The van der Waals surface area contributed by atoms with E-state index in [0.717, 1.165) is 6.07 Å². The second-order valence-corrected chi connectivity index (χ2v) is 3.73. The monoisotopic (exact) mass is 302 g/mol. The van der Waals surface area contributed by atoms with Crippen LogP contribution in [0.1, 0.15) is 22.3 Å². The number of carboxylic acid groups (broad SMARTS) is 1. The number of ether oxygens (including phenoxy) is 1. The summed E-state index contributed by atoms with van der Waals surface area (Å²) in [5.74, 6) is -2.43. The van der Waals surface area contributed by atoms with Gasteiger partial charge in [-0.3, -0.25) is 0 Å². The first kappa shape index (κ1) is 16.1. The van der Waals surface area contributed by atoms with Crippen LogP contribution in [0, 0.1) is 0 Å². The van der Waals surface area contributed by atoms with E-state index < -0.39 is 48.2 Å². The van der Waals surface area contributed by atoms with Crippen molar-refractivity contribution in [3.63, 3.8) is 0 Å². The van der Waals surface area contributed by atoms with Gasteiger partial charge in [0.1, 0.15) is 5.75 Å². The smallest absolute Gasteiger partial charge is 0.419 e. The minimum atomic E-state index is -4.93. The third-order valence-corrected chi connectivity index (χ3v) is 2.18. The van der Waals surface area contributed by atoms with Gasteiger partial charge in [0.15, 0.2) is 0 Å². The number of alkyl halides is 6. The Morgan fingerprint density at radius 3 is 2.20 bits per heavy atom. The molecule has 0 bridgehead atoms. The number of aromatic carboxylic acids is 1. The molecule has 1 aromatic carbocycles. The Kier molecular flexibility index (Phi) is 4.51. The Morgan fingerprint density at radius 1 is 1.15 bits per heavy atom. The van der Waals surface area contributed by atoms with E-state index in [1.165, 1.54) is 0 Å². The fourth-order valence-electron chi connectivity index (χ4n) is 1.29. The maximum Gasteiger partial charge on any atom is 0.419 e. The summed E-state index contributed by atoms with van der Waals surface area (Å²) in [5, 5.41) is 8.59. The van der Waals surface area contributed by atoms with E-state index >= 15 is 0 Å². The molecule has 0 aliphatic heterocycles. The van der Waals surface area contributed by atoms with Crippen molar-refractivity contribution in [1.82, 2.24) is 0 Å². The average molecular weight is 302 g/mol. The lowest BCUT2D eigenvalue weighted by Crippen LogP contribution is -2.15. The molecule has 0 aliphatic carbocycles. The highest BCUT2D eigenvalue weighted by molar-refractivity contribution is 5.88.